The van der Waals surface area contributed by atoms with E-state index in [0.717, 1.165) is 28.8 Å². The second kappa shape index (κ2) is 7.36. The molecule has 0 aliphatic heterocycles. The lowest BCUT2D eigenvalue weighted by Crippen LogP contribution is -2.33. The molecule has 2 rings (SSSR count). The van der Waals surface area contributed by atoms with Crippen molar-refractivity contribution >= 4 is 33.6 Å². The van der Waals surface area contributed by atoms with E-state index in [-0.39, 0.29) is 5.91 Å². The minimum atomic E-state index is 0.000464. The highest BCUT2D eigenvalue weighted by Crippen LogP contribution is 2.30. The number of hydrogen-bond acceptors (Lipinski definition) is 3. The normalized spacial score (nSPS) is 21.8. The lowest BCUT2D eigenvalue weighted by atomic mass is 10.1. The Labute approximate surface area is 133 Å². The number of benzene rings is 1. The van der Waals surface area contributed by atoms with Crippen LogP contribution in [0.3, 0.4) is 0 Å². The third-order valence-corrected chi connectivity index (χ3v) is 5.39. The summed E-state index contributed by atoms with van der Waals surface area (Å²) >= 11 is 5.41. The Hall–Kier alpha value is -0.680. The van der Waals surface area contributed by atoms with Gasteiger partial charge in [0.05, 0.1) is 11.6 Å². The second-order valence-electron chi connectivity index (χ2n) is 4.91. The van der Waals surface area contributed by atoms with E-state index < -0.39 is 0 Å². The van der Waals surface area contributed by atoms with Gasteiger partial charge in [0, 0.05) is 16.9 Å². The van der Waals surface area contributed by atoms with Crippen LogP contribution in [-0.2, 0) is 0 Å². The Balaban J connectivity index is 1.94. The summed E-state index contributed by atoms with van der Waals surface area (Å²) in [5.41, 5.74) is 0.671. The van der Waals surface area contributed by atoms with Crippen LogP contribution in [0.2, 0.25) is 0 Å². The smallest absolute Gasteiger partial charge is 0.251 e. The van der Waals surface area contributed by atoms with Gasteiger partial charge in [0.2, 0.25) is 0 Å². The molecular weight excluding hydrogens is 338 g/mol. The van der Waals surface area contributed by atoms with E-state index in [1.807, 2.05) is 17.8 Å². The Kier molecular flexibility index (Phi) is 5.78. The van der Waals surface area contributed by atoms with Crippen molar-refractivity contribution in [3.05, 3.63) is 28.2 Å². The molecule has 2 unspecified atom stereocenters. The predicted octanol–water partition coefficient (Wildman–Crippen LogP) is 3.86. The first-order valence-corrected chi connectivity index (χ1v) is 8.74. The average Bonchev–Trinajstić information content (AvgIpc) is 2.86. The van der Waals surface area contributed by atoms with Gasteiger partial charge in [0.25, 0.3) is 5.91 Å². The van der Waals surface area contributed by atoms with Crippen LogP contribution in [0.5, 0.6) is 5.75 Å². The van der Waals surface area contributed by atoms with Crippen molar-refractivity contribution < 1.29 is 9.53 Å². The maximum absolute atomic E-state index is 12.2. The maximum atomic E-state index is 12.2. The van der Waals surface area contributed by atoms with E-state index in [4.69, 9.17) is 4.74 Å². The van der Waals surface area contributed by atoms with Crippen LogP contribution < -0.4 is 10.1 Å². The summed E-state index contributed by atoms with van der Waals surface area (Å²) in [6, 6.07) is 5.73. The molecule has 5 heteroatoms. The summed E-state index contributed by atoms with van der Waals surface area (Å²) in [6.07, 6.45) is 3.37. The lowest BCUT2D eigenvalue weighted by molar-refractivity contribution is 0.0938. The number of halogens is 1. The van der Waals surface area contributed by atoms with Gasteiger partial charge in [-0.1, -0.05) is 6.92 Å². The average molecular weight is 358 g/mol. The highest BCUT2D eigenvalue weighted by atomic mass is 79.9. The first-order valence-electron chi connectivity index (χ1n) is 6.90. The molecule has 1 fully saturated rings. The summed E-state index contributed by atoms with van der Waals surface area (Å²) in [5, 5.41) is 3.84. The molecule has 1 aliphatic rings. The zero-order valence-corrected chi connectivity index (χ0v) is 14.2. The Morgan fingerprint density at radius 3 is 2.95 bits per heavy atom. The molecule has 0 aromatic heterocycles. The molecule has 1 aromatic rings. The number of methoxy groups -OCH3 is 1. The standard InChI is InChI=1S/C15H20BrNO2S/c1-3-20-12-6-5-11(9-12)17-15(18)10-4-7-14(19-2)13(16)8-10/h4,7-8,11-12H,3,5-6,9H2,1-2H3,(H,17,18). The zero-order chi connectivity index (χ0) is 14.5. The van der Waals surface area contributed by atoms with Crippen LogP contribution >= 0.6 is 27.7 Å². The Morgan fingerprint density at radius 1 is 1.50 bits per heavy atom. The SMILES string of the molecule is CCSC1CCC(NC(=O)c2ccc(OC)c(Br)c2)C1. The van der Waals surface area contributed by atoms with Crippen molar-refractivity contribution in [2.24, 2.45) is 0 Å². The maximum Gasteiger partial charge on any atom is 0.251 e. The van der Waals surface area contributed by atoms with E-state index in [1.54, 1.807) is 19.2 Å². The van der Waals surface area contributed by atoms with Gasteiger partial charge in [0.15, 0.2) is 0 Å². The Bertz CT molecular complexity index is 481. The number of nitrogens with one attached hydrogen (secondary N) is 1. The van der Waals surface area contributed by atoms with E-state index in [9.17, 15) is 4.79 Å². The van der Waals surface area contributed by atoms with Crippen molar-refractivity contribution in [2.45, 2.75) is 37.5 Å². The lowest BCUT2D eigenvalue weighted by Gasteiger charge is -2.14. The van der Waals surface area contributed by atoms with Crippen LogP contribution in [0.1, 0.15) is 36.5 Å². The molecule has 1 N–H and O–H groups in total. The number of amides is 1. The minimum absolute atomic E-state index is 0.000464. The van der Waals surface area contributed by atoms with Gasteiger partial charge in [-0.15, -0.1) is 0 Å². The van der Waals surface area contributed by atoms with Crippen molar-refractivity contribution in [3.8, 4) is 5.75 Å². The summed E-state index contributed by atoms with van der Waals surface area (Å²) in [4.78, 5) is 12.2. The predicted molar refractivity (Wildman–Crippen MR) is 87.7 cm³/mol. The molecule has 0 heterocycles. The highest BCUT2D eigenvalue weighted by Gasteiger charge is 2.26. The molecule has 3 nitrogen and oxygen atoms in total. The van der Waals surface area contributed by atoms with Crippen molar-refractivity contribution in [2.75, 3.05) is 12.9 Å². The van der Waals surface area contributed by atoms with Gasteiger partial charge < -0.3 is 10.1 Å². The van der Waals surface area contributed by atoms with E-state index in [0.29, 0.717) is 16.9 Å². The third-order valence-electron chi connectivity index (χ3n) is 3.54. The molecule has 20 heavy (non-hydrogen) atoms. The zero-order valence-electron chi connectivity index (χ0n) is 11.8. The molecule has 1 amide bonds. The minimum Gasteiger partial charge on any atom is -0.496 e. The van der Waals surface area contributed by atoms with E-state index in [1.165, 1.54) is 6.42 Å². The van der Waals surface area contributed by atoms with E-state index >= 15 is 0 Å². The summed E-state index contributed by atoms with van der Waals surface area (Å²) < 4.78 is 5.98. The van der Waals surface area contributed by atoms with Gasteiger partial charge >= 0.3 is 0 Å². The molecule has 1 aromatic carbocycles. The van der Waals surface area contributed by atoms with Crippen LogP contribution in [0.15, 0.2) is 22.7 Å². The van der Waals surface area contributed by atoms with Gasteiger partial charge in [0.1, 0.15) is 5.75 Å². The quantitative estimate of drug-likeness (QED) is 0.869. The molecule has 0 radical (unpaired) electrons. The fourth-order valence-electron chi connectivity index (χ4n) is 2.53. The topological polar surface area (TPSA) is 38.3 Å². The van der Waals surface area contributed by atoms with E-state index in [2.05, 4.69) is 28.2 Å². The molecule has 110 valence electrons. The van der Waals surface area contributed by atoms with Crippen LogP contribution in [0.25, 0.3) is 0 Å². The molecule has 0 spiro atoms. The fraction of sp³-hybridized carbons (Fsp3) is 0.533. The second-order valence-corrected chi connectivity index (χ2v) is 7.34. The number of ether oxygens (including phenoxy) is 1. The number of hydrogen-bond donors (Lipinski definition) is 1. The van der Waals surface area contributed by atoms with Gasteiger partial charge in [-0.25, -0.2) is 0 Å². The number of carbonyl (C=O) groups excluding carboxylic acids is 1. The van der Waals surface area contributed by atoms with Crippen molar-refractivity contribution in [1.82, 2.24) is 5.32 Å². The van der Waals surface area contributed by atoms with Gasteiger partial charge in [-0.05, 0) is 59.1 Å². The summed E-state index contributed by atoms with van der Waals surface area (Å²) in [7, 11) is 1.61. The number of rotatable bonds is 5. The van der Waals surface area contributed by atoms with Crippen LogP contribution in [-0.4, -0.2) is 30.1 Å². The van der Waals surface area contributed by atoms with Gasteiger partial charge in [-0.2, -0.15) is 11.8 Å². The monoisotopic (exact) mass is 357 g/mol. The molecule has 2 atom stereocenters. The van der Waals surface area contributed by atoms with Crippen LogP contribution in [0, 0.1) is 0 Å². The molecule has 0 saturated heterocycles. The number of thioether (sulfide) groups is 1. The van der Waals surface area contributed by atoms with Crippen LogP contribution in [0.4, 0.5) is 0 Å². The first-order chi connectivity index (χ1) is 9.63. The molecule has 1 saturated carbocycles. The molecule has 1 aliphatic carbocycles. The third kappa shape index (κ3) is 3.92. The highest BCUT2D eigenvalue weighted by molar-refractivity contribution is 9.10. The number of carbonyl (C=O) groups is 1. The summed E-state index contributed by atoms with van der Waals surface area (Å²) in [6.45, 7) is 2.19. The molecule has 0 bridgehead atoms. The van der Waals surface area contributed by atoms with Crippen molar-refractivity contribution in [1.29, 1.82) is 0 Å². The Morgan fingerprint density at radius 2 is 2.30 bits per heavy atom. The van der Waals surface area contributed by atoms with Crippen molar-refractivity contribution in [3.63, 3.8) is 0 Å². The van der Waals surface area contributed by atoms with Gasteiger partial charge in [-0.3, -0.25) is 4.79 Å². The fourth-order valence-corrected chi connectivity index (χ4v) is 4.22. The summed E-state index contributed by atoms with van der Waals surface area (Å²) in [5.74, 6) is 1.89. The first kappa shape index (κ1) is 15.7. The largest absolute Gasteiger partial charge is 0.496 e. The molecular formula is C15H20BrNO2S.